The van der Waals surface area contributed by atoms with E-state index in [4.69, 9.17) is 0 Å². The number of anilines is 1. The van der Waals surface area contributed by atoms with Gasteiger partial charge in [0.2, 0.25) is 5.91 Å². The Morgan fingerprint density at radius 3 is 2.03 bits per heavy atom. The minimum atomic E-state index is -4.99. The van der Waals surface area contributed by atoms with Crippen LogP contribution in [-0.4, -0.2) is 17.9 Å². The van der Waals surface area contributed by atoms with E-state index in [2.05, 4.69) is 4.98 Å². The topological polar surface area (TPSA) is 33.2 Å². The zero-order valence-corrected chi connectivity index (χ0v) is 17.9. The van der Waals surface area contributed by atoms with Crippen molar-refractivity contribution in [2.24, 2.45) is 0 Å². The van der Waals surface area contributed by atoms with Gasteiger partial charge in [-0.3, -0.25) is 9.78 Å². The molecule has 1 amide bonds. The smallest absolute Gasteiger partial charge is 0.313 e. The first-order chi connectivity index (χ1) is 15.3. The van der Waals surface area contributed by atoms with Gasteiger partial charge in [-0.25, -0.2) is 0 Å². The van der Waals surface area contributed by atoms with Gasteiger partial charge in [-0.05, 0) is 54.8 Å². The number of aryl methyl sites for hydroxylation is 1. The largest absolute Gasteiger partial charge is 0.416 e. The molecule has 0 aliphatic rings. The summed E-state index contributed by atoms with van der Waals surface area (Å²) in [6.07, 6.45) is -7.02. The van der Waals surface area contributed by atoms with Crippen molar-refractivity contribution in [1.82, 2.24) is 4.98 Å². The number of hydrogen-bond acceptors (Lipinski definition) is 2. The SMILES string of the molecule is Cc1ccccc1-c1ccncc1N(C)C(=O)C(C)c1cc(C(F)(F)F)cc(C(F)(F)F)c1. The van der Waals surface area contributed by atoms with Gasteiger partial charge in [0.25, 0.3) is 0 Å². The number of likely N-dealkylation sites (N-methyl/N-ethyl adjacent to an activating group) is 1. The Bertz CT molecular complexity index is 1140. The summed E-state index contributed by atoms with van der Waals surface area (Å²) in [7, 11) is 1.41. The highest BCUT2D eigenvalue weighted by Crippen LogP contribution is 2.39. The molecule has 1 unspecified atom stereocenters. The van der Waals surface area contributed by atoms with E-state index in [-0.39, 0.29) is 11.6 Å². The highest BCUT2D eigenvalue weighted by molar-refractivity contribution is 6.00. The summed E-state index contributed by atoms with van der Waals surface area (Å²) in [6.45, 7) is 3.16. The molecule has 0 aliphatic heterocycles. The van der Waals surface area contributed by atoms with E-state index in [1.54, 1.807) is 6.07 Å². The predicted molar refractivity (Wildman–Crippen MR) is 113 cm³/mol. The third kappa shape index (κ3) is 5.18. The van der Waals surface area contributed by atoms with Gasteiger partial charge >= 0.3 is 12.4 Å². The molecule has 9 heteroatoms. The molecule has 0 saturated carbocycles. The van der Waals surface area contributed by atoms with Crippen LogP contribution in [0.2, 0.25) is 0 Å². The highest BCUT2D eigenvalue weighted by Gasteiger charge is 2.38. The second-order valence-corrected chi connectivity index (χ2v) is 7.67. The third-order valence-corrected chi connectivity index (χ3v) is 5.41. The standard InChI is InChI=1S/C24H20F6N2O/c1-14-6-4-5-7-19(14)20-8-9-31-13-21(20)32(3)22(33)15(2)16-10-17(23(25,26)27)12-18(11-16)24(28,29)30/h4-13,15H,1-3H3. The Morgan fingerprint density at radius 2 is 1.48 bits per heavy atom. The predicted octanol–water partition coefficient (Wildman–Crippen LogP) is 6.86. The fourth-order valence-electron chi connectivity index (χ4n) is 3.54. The number of hydrogen-bond donors (Lipinski definition) is 0. The third-order valence-electron chi connectivity index (χ3n) is 5.41. The zero-order valence-electron chi connectivity index (χ0n) is 17.9. The van der Waals surface area contributed by atoms with Crippen molar-refractivity contribution in [3.8, 4) is 11.1 Å². The Labute approximate surface area is 186 Å². The van der Waals surface area contributed by atoms with Crippen LogP contribution in [0.1, 0.15) is 35.1 Å². The number of rotatable bonds is 4. The zero-order chi connectivity index (χ0) is 24.6. The Morgan fingerprint density at radius 1 is 0.909 bits per heavy atom. The number of alkyl halides is 6. The van der Waals surface area contributed by atoms with Gasteiger partial charge in [0.05, 0.1) is 28.9 Å². The number of carbonyl (C=O) groups excluding carboxylic acids is 1. The van der Waals surface area contributed by atoms with Crippen LogP contribution in [0.5, 0.6) is 0 Å². The van der Waals surface area contributed by atoms with E-state index in [1.165, 1.54) is 31.3 Å². The van der Waals surface area contributed by atoms with Crippen molar-refractivity contribution < 1.29 is 31.1 Å². The maximum Gasteiger partial charge on any atom is 0.416 e. The number of amides is 1. The van der Waals surface area contributed by atoms with Gasteiger partial charge in [0.15, 0.2) is 0 Å². The minimum absolute atomic E-state index is 0.0435. The first-order valence-corrected chi connectivity index (χ1v) is 9.87. The van der Waals surface area contributed by atoms with E-state index in [0.717, 1.165) is 11.1 Å². The number of carbonyl (C=O) groups is 1. The van der Waals surface area contributed by atoms with Crippen molar-refractivity contribution in [3.63, 3.8) is 0 Å². The maximum absolute atomic E-state index is 13.2. The molecule has 1 aromatic heterocycles. The Balaban J connectivity index is 2.03. The van der Waals surface area contributed by atoms with E-state index in [9.17, 15) is 31.1 Å². The van der Waals surface area contributed by atoms with Gasteiger partial charge in [-0.2, -0.15) is 26.3 Å². The summed E-state index contributed by atoms with van der Waals surface area (Å²) in [5.41, 5.74) is -0.520. The molecule has 1 heterocycles. The molecule has 2 aromatic carbocycles. The Hall–Kier alpha value is -3.36. The van der Waals surface area contributed by atoms with E-state index in [0.29, 0.717) is 23.4 Å². The van der Waals surface area contributed by atoms with Gasteiger partial charge in [0.1, 0.15) is 0 Å². The van der Waals surface area contributed by atoms with Gasteiger partial charge < -0.3 is 4.90 Å². The quantitative estimate of drug-likeness (QED) is 0.394. The fourth-order valence-corrected chi connectivity index (χ4v) is 3.54. The highest BCUT2D eigenvalue weighted by atomic mass is 19.4. The average Bonchev–Trinajstić information content (AvgIpc) is 2.76. The second-order valence-electron chi connectivity index (χ2n) is 7.67. The number of nitrogens with zero attached hydrogens (tertiary/aromatic N) is 2. The molecule has 0 bridgehead atoms. The molecular weight excluding hydrogens is 446 g/mol. The van der Waals surface area contributed by atoms with Crippen LogP contribution < -0.4 is 4.90 Å². The first kappa shape index (κ1) is 24.3. The summed E-state index contributed by atoms with van der Waals surface area (Å²) in [4.78, 5) is 18.4. The van der Waals surface area contributed by atoms with Crippen molar-refractivity contribution in [1.29, 1.82) is 0 Å². The number of benzene rings is 2. The molecule has 0 spiro atoms. The number of halogens is 6. The lowest BCUT2D eigenvalue weighted by atomic mass is 9.94. The van der Waals surface area contributed by atoms with Crippen LogP contribution in [0.4, 0.5) is 32.0 Å². The molecule has 0 fully saturated rings. The van der Waals surface area contributed by atoms with E-state index in [1.807, 2.05) is 31.2 Å². The summed E-state index contributed by atoms with van der Waals surface area (Å²) in [6, 6.07) is 10.3. The lowest BCUT2D eigenvalue weighted by molar-refractivity contribution is -0.143. The minimum Gasteiger partial charge on any atom is -0.313 e. The van der Waals surface area contributed by atoms with E-state index < -0.39 is 35.3 Å². The first-order valence-electron chi connectivity index (χ1n) is 9.87. The lowest BCUT2D eigenvalue weighted by Crippen LogP contribution is -2.31. The summed E-state index contributed by atoms with van der Waals surface area (Å²) < 4.78 is 79.4. The molecule has 3 rings (SSSR count). The van der Waals surface area contributed by atoms with Gasteiger partial charge in [-0.1, -0.05) is 24.3 Å². The molecule has 0 aliphatic carbocycles. The molecule has 0 N–H and O–H groups in total. The average molecular weight is 466 g/mol. The summed E-state index contributed by atoms with van der Waals surface area (Å²) in [5.74, 6) is -1.95. The van der Waals surface area contributed by atoms with Crippen molar-refractivity contribution in [2.75, 3.05) is 11.9 Å². The normalized spacial score (nSPS) is 13.0. The van der Waals surface area contributed by atoms with E-state index >= 15 is 0 Å². The van der Waals surface area contributed by atoms with Crippen LogP contribution in [0.3, 0.4) is 0 Å². The maximum atomic E-state index is 13.2. The van der Waals surface area contributed by atoms with Crippen LogP contribution >= 0.6 is 0 Å². The molecular formula is C24H20F6N2O. The second kappa shape index (κ2) is 8.88. The Kier molecular flexibility index (Phi) is 6.53. The van der Waals surface area contributed by atoms with Crippen molar-refractivity contribution in [3.05, 3.63) is 83.2 Å². The van der Waals surface area contributed by atoms with Crippen molar-refractivity contribution >= 4 is 11.6 Å². The molecule has 1 atom stereocenters. The van der Waals surface area contributed by atoms with Crippen LogP contribution in [-0.2, 0) is 17.1 Å². The summed E-state index contributed by atoms with van der Waals surface area (Å²) >= 11 is 0. The molecule has 0 saturated heterocycles. The van der Waals surface area contributed by atoms with Crippen LogP contribution in [0, 0.1) is 6.92 Å². The fraction of sp³-hybridized carbons (Fsp3) is 0.250. The molecule has 3 aromatic rings. The monoisotopic (exact) mass is 466 g/mol. The van der Waals surface area contributed by atoms with Crippen LogP contribution in [0.25, 0.3) is 11.1 Å². The number of aromatic nitrogens is 1. The van der Waals surface area contributed by atoms with Gasteiger partial charge in [-0.15, -0.1) is 0 Å². The van der Waals surface area contributed by atoms with Crippen LogP contribution in [0.15, 0.2) is 60.9 Å². The number of pyridine rings is 1. The molecule has 174 valence electrons. The summed E-state index contributed by atoms with van der Waals surface area (Å²) in [5, 5.41) is 0. The molecule has 33 heavy (non-hydrogen) atoms. The lowest BCUT2D eigenvalue weighted by Gasteiger charge is -2.25. The van der Waals surface area contributed by atoms with Gasteiger partial charge in [0, 0.05) is 18.8 Å². The molecule has 3 nitrogen and oxygen atoms in total. The molecule has 0 radical (unpaired) electrons. The van der Waals surface area contributed by atoms with Crippen molar-refractivity contribution in [2.45, 2.75) is 32.1 Å².